The summed E-state index contributed by atoms with van der Waals surface area (Å²) in [5.41, 5.74) is 2.72. The Morgan fingerprint density at radius 2 is 2.20 bits per heavy atom. The third-order valence-corrected chi connectivity index (χ3v) is 2.60. The summed E-state index contributed by atoms with van der Waals surface area (Å²) in [5.74, 6) is -0.689. The van der Waals surface area contributed by atoms with Crippen LogP contribution in [0.5, 0.6) is 5.75 Å². The van der Waals surface area contributed by atoms with Crippen molar-refractivity contribution in [1.82, 2.24) is 0 Å². The smallest absolute Gasteiger partial charge is 0.303 e. The number of carboxylic acids is 1. The van der Waals surface area contributed by atoms with Crippen LogP contribution in [0.3, 0.4) is 0 Å². The molecule has 1 heterocycles. The molecule has 0 spiro atoms. The molecule has 0 amide bonds. The van der Waals surface area contributed by atoms with Crippen molar-refractivity contribution in [2.24, 2.45) is 0 Å². The van der Waals surface area contributed by atoms with E-state index in [0.29, 0.717) is 25.2 Å². The first-order valence-electron chi connectivity index (χ1n) is 4.80. The summed E-state index contributed by atoms with van der Waals surface area (Å²) in [6.07, 6.45) is 0.387. The van der Waals surface area contributed by atoms with Crippen LogP contribution >= 0.6 is 0 Å². The Hall–Kier alpha value is -1.55. The van der Waals surface area contributed by atoms with E-state index < -0.39 is 5.97 Å². The minimum atomic E-state index is -0.856. The summed E-state index contributed by atoms with van der Waals surface area (Å²) >= 11 is 0. The van der Waals surface area contributed by atoms with E-state index in [1.54, 1.807) is 6.07 Å². The van der Waals surface area contributed by atoms with Crippen molar-refractivity contribution in [1.29, 1.82) is 0 Å². The monoisotopic (exact) mass is 208 g/mol. The molecule has 2 rings (SSSR count). The first-order chi connectivity index (χ1) is 7.18. The van der Waals surface area contributed by atoms with Gasteiger partial charge in [-0.1, -0.05) is 6.07 Å². The summed E-state index contributed by atoms with van der Waals surface area (Å²) in [5, 5.41) is 18.2. The Morgan fingerprint density at radius 1 is 1.40 bits per heavy atom. The van der Waals surface area contributed by atoms with Crippen molar-refractivity contribution in [2.75, 3.05) is 0 Å². The second-order valence-corrected chi connectivity index (χ2v) is 3.59. The fraction of sp³-hybridized carbons (Fsp3) is 0.364. The highest BCUT2D eigenvalue weighted by atomic mass is 16.5. The summed E-state index contributed by atoms with van der Waals surface area (Å²) < 4.78 is 5.26. The van der Waals surface area contributed by atoms with E-state index in [0.717, 1.165) is 11.1 Å². The van der Waals surface area contributed by atoms with Crippen molar-refractivity contribution in [3.8, 4) is 5.75 Å². The molecule has 0 aliphatic carbocycles. The lowest BCUT2D eigenvalue weighted by Gasteiger charge is -2.08. The maximum absolute atomic E-state index is 10.5. The van der Waals surface area contributed by atoms with Crippen molar-refractivity contribution < 1.29 is 19.7 Å². The number of phenols is 1. The molecule has 0 atom stereocenters. The third kappa shape index (κ3) is 1.94. The van der Waals surface area contributed by atoms with Gasteiger partial charge in [0.1, 0.15) is 5.75 Å². The van der Waals surface area contributed by atoms with E-state index in [1.807, 2.05) is 6.07 Å². The molecule has 2 N–H and O–H groups in total. The van der Waals surface area contributed by atoms with E-state index in [2.05, 4.69) is 0 Å². The molecule has 4 heteroatoms. The molecule has 0 aromatic heterocycles. The topological polar surface area (TPSA) is 66.8 Å². The molecule has 4 nitrogen and oxygen atoms in total. The van der Waals surface area contributed by atoms with Gasteiger partial charge in [-0.2, -0.15) is 0 Å². The predicted molar refractivity (Wildman–Crippen MR) is 52.6 cm³/mol. The Kier molecular flexibility index (Phi) is 2.60. The van der Waals surface area contributed by atoms with Crippen LogP contribution in [0.2, 0.25) is 0 Å². The maximum atomic E-state index is 10.5. The fourth-order valence-electron chi connectivity index (χ4n) is 1.82. The number of aromatic hydroxyl groups is 1. The summed E-state index contributed by atoms with van der Waals surface area (Å²) in [6, 6.07) is 3.42. The molecule has 0 saturated heterocycles. The van der Waals surface area contributed by atoms with Crippen molar-refractivity contribution in [3.05, 3.63) is 28.8 Å². The van der Waals surface area contributed by atoms with Gasteiger partial charge >= 0.3 is 5.97 Å². The number of ether oxygens (including phenoxy) is 1. The molecule has 1 aliphatic rings. The van der Waals surface area contributed by atoms with Gasteiger partial charge in [-0.15, -0.1) is 0 Å². The lowest BCUT2D eigenvalue weighted by Crippen LogP contribution is -2.01. The van der Waals surface area contributed by atoms with E-state index in [1.165, 1.54) is 0 Å². The highest BCUT2D eigenvalue weighted by Crippen LogP contribution is 2.30. The molecule has 0 unspecified atom stereocenters. The van der Waals surface area contributed by atoms with Gasteiger partial charge in [-0.3, -0.25) is 4.79 Å². The maximum Gasteiger partial charge on any atom is 0.303 e. The van der Waals surface area contributed by atoms with Gasteiger partial charge in [0, 0.05) is 12.0 Å². The molecule has 80 valence electrons. The Morgan fingerprint density at radius 3 is 2.93 bits per heavy atom. The van der Waals surface area contributed by atoms with Crippen LogP contribution in [0.25, 0.3) is 0 Å². The van der Waals surface area contributed by atoms with Crippen molar-refractivity contribution >= 4 is 5.97 Å². The second kappa shape index (κ2) is 3.90. The number of fused-ring (bicyclic) bond motifs is 1. The molecule has 1 aromatic carbocycles. The van der Waals surface area contributed by atoms with Gasteiger partial charge in [0.2, 0.25) is 0 Å². The van der Waals surface area contributed by atoms with Crippen LogP contribution < -0.4 is 0 Å². The number of phenolic OH excluding ortho intramolecular Hbond substituents is 1. The number of hydrogen-bond donors (Lipinski definition) is 2. The first kappa shape index (κ1) is 9.98. The molecule has 0 saturated carbocycles. The normalized spacial score (nSPS) is 13.9. The molecular weight excluding hydrogens is 196 g/mol. The van der Waals surface area contributed by atoms with Crippen LogP contribution in [0.1, 0.15) is 23.1 Å². The number of carbonyl (C=O) groups is 1. The molecule has 15 heavy (non-hydrogen) atoms. The molecule has 1 aliphatic heterocycles. The molecular formula is C11H12O4. The Labute approximate surface area is 87.1 Å². The quantitative estimate of drug-likeness (QED) is 0.788. The van der Waals surface area contributed by atoms with E-state index >= 15 is 0 Å². The zero-order valence-electron chi connectivity index (χ0n) is 8.19. The van der Waals surface area contributed by atoms with E-state index in [4.69, 9.17) is 9.84 Å². The summed E-state index contributed by atoms with van der Waals surface area (Å²) in [4.78, 5) is 10.5. The van der Waals surface area contributed by atoms with Gasteiger partial charge in [0.25, 0.3) is 0 Å². The molecule has 1 aromatic rings. The van der Waals surface area contributed by atoms with E-state index in [9.17, 15) is 9.90 Å². The van der Waals surface area contributed by atoms with Gasteiger partial charge in [-0.05, 0) is 23.6 Å². The molecule has 0 radical (unpaired) electrons. The zero-order valence-corrected chi connectivity index (χ0v) is 8.19. The van der Waals surface area contributed by atoms with Crippen LogP contribution in [-0.4, -0.2) is 16.2 Å². The Bertz CT molecular complexity index is 398. The number of aliphatic carboxylic acids is 1. The van der Waals surface area contributed by atoms with Crippen LogP contribution in [-0.2, 0) is 29.2 Å². The van der Waals surface area contributed by atoms with Crippen LogP contribution in [0.15, 0.2) is 12.1 Å². The molecule has 0 fully saturated rings. The first-order valence-corrected chi connectivity index (χ1v) is 4.80. The summed E-state index contributed by atoms with van der Waals surface area (Å²) in [6.45, 7) is 1.02. The third-order valence-electron chi connectivity index (χ3n) is 2.60. The average molecular weight is 208 g/mol. The standard InChI is InChI=1S/C11H12O4/c12-10-3-1-7-5-15-6-9(7)8(10)2-4-11(13)14/h1,3,12H,2,4-6H2,(H,13,14). The minimum absolute atomic E-state index is 0.0318. The fourth-order valence-corrected chi connectivity index (χ4v) is 1.82. The average Bonchev–Trinajstić information content (AvgIpc) is 2.63. The highest BCUT2D eigenvalue weighted by molar-refractivity contribution is 5.67. The van der Waals surface area contributed by atoms with Gasteiger partial charge in [0.15, 0.2) is 0 Å². The van der Waals surface area contributed by atoms with E-state index in [-0.39, 0.29) is 12.2 Å². The van der Waals surface area contributed by atoms with Crippen LogP contribution in [0.4, 0.5) is 0 Å². The second-order valence-electron chi connectivity index (χ2n) is 3.59. The van der Waals surface area contributed by atoms with Gasteiger partial charge < -0.3 is 14.9 Å². The number of hydrogen-bond acceptors (Lipinski definition) is 3. The van der Waals surface area contributed by atoms with Crippen molar-refractivity contribution in [3.63, 3.8) is 0 Å². The molecule has 0 bridgehead atoms. The summed E-state index contributed by atoms with van der Waals surface area (Å²) in [7, 11) is 0. The van der Waals surface area contributed by atoms with Crippen LogP contribution in [0, 0.1) is 0 Å². The van der Waals surface area contributed by atoms with Gasteiger partial charge in [0.05, 0.1) is 13.2 Å². The van der Waals surface area contributed by atoms with Gasteiger partial charge in [-0.25, -0.2) is 0 Å². The zero-order chi connectivity index (χ0) is 10.8. The highest BCUT2D eigenvalue weighted by Gasteiger charge is 2.18. The largest absolute Gasteiger partial charge is 0.508 e. The number of carboxylic acid groups (broad SMARTS) is 1. The number of rotatable bonds is 3. The van der Waals surface area contributed by atoms with Crippen molar-refractivity contribution in [2.45, 2.75) is 26.1 Å². The predicted octanol–water partition coefficient (Wildman–Crippen LogP) is 1.44. The Balaban J connectivity index is 2.28. The minimum Gasteiger partial charge on any atom is -0.508 e. The lowest BCUT2D eigenvalue weighted by molar-refractivity contribution is -0.136. The number of benzene rings is 1. The SMILES string of the molecule is O=C(O)CCc1c(O)ccc2c1COC2. The lowest BCUT2D eigenvalue weighted by atomic mass is 9.98.